The molecular formula is C18H23F3N2O2. The third kappa shape index (κ3) is 3.67. The Bertz CT molecular complexity index is 755. The summed E-state index contributed by atoms with van der Waals surface area (Å²) in [4.78, 5) is 6.15. The first-order valence-electron chi connectivity index (χ1n) is 8.55. The van der Waals surface area contributed by atoms with E-state index in [0.717, 1.165) is 25.3 Å². The summed E-state index contributed by atoms with van der Waals surface area (Å²) in [5.41, 5.74) is -0.248. The number of aromatic nitrogens is 1. The SMILES string of the molecule is CC(C)c1nc2cc(CN(C)C3CCCC3O)cc(C(F)(F)F)c2o1. The van der Waals surface area contributed by atoms with Gasteiger partial charge in [-0.25, -0.2) is 4.98 Å². The average molecular weight is 356 g/mol. The van der Waals surface area contributed by atoms with Gasteiger partial charge in [-0.15, -0.1) is 0 Å². The third-order valence-corrected chi connectivity index (χ3v) is 4.81. The van der Waals surface area contributed by atoms with Gasteiger partial charge in [0, 0.05) is 18.5 Å². The van der Waals surface area contributed by atoms with Gasteiger partial charge >= 0.3 is 6.18 Å². The molecule has 4 nitrogen and oxygen atoms in total. The number of fused-ring (bicyclic) bond motifs is 1. The van der Waals surface area contributed by atoms with Gasteiger partial charge in [-0.05, 0) is 44.0 Å². The van der Waals surface area contributed by atoms with E-state index in [9.17, 15) is 18.3 Å². The minimum absolute atomic E-state index is 0.0198. The van der Waals surface area contributed by atoms with E-state index < -0.39 is 17.8 Å². The summed E-state index contributed by atoms with van der Waals surface area (Å²) in [7, 11) is 1.83. The molecule has 2 atom stereocenters. The van der Waals surface area contributed by atoms with Gasteiger partial charge in [0.2, 0.25) is 0 Å². The van der Waals surface area contributed by atoms with Crippen molar-refractivity contribution in [2.45, 2.75) is 63.9 Å². The monoisotopic (exact) mass is 356 g/mol. The molecule has 1 heterocycles. The molecule has 1 fully saturated rings. The Balaban J connectivity index is 1.98. The Morgan fingerprint density at radius 3 is 2.60 bits per heavy atom. The van der Waals surface area contributed by atoms with Crippen LogP contribution in [0.5, 0.6) is 0 Å². The van der Waals surface area contributed by atoms with Crippen molar-refractivity contribution in [3.05, 3.63) is 29.2 Å². The van der Waals surface area contributed by atoms with Gasteiger partial charge in [-0.1, -0.05) is 13.8 Å². The van der Waals surface area contributed by atoms with Crippen LogP contribution in [0.2, 0.25) is 0 Å². The standard InChI is InChI=1S/C18H23F3N2O2/c1-10(2)17-22-13-8-11(7-12(16(13)25-17)18(19,20)21)9-23(3)14-5-4-6-15(14)24/h7-8,10,14-15,24H,4-6,9H2,1-3H3. The highest BCUT2D eigenvalue weighted by atomic mass is 19.4. The van der Waals surface area contributed by atoms with Gasteiger partial charge in [-0.3, -0.25) is 4.90 Å². The van der Waals surface area contributed by atoms with Crippen LogP contribution in [-0.2, 0) is 12.7 Å². The highest BCUT2D eigenvalue weighted by Gasteiger charge is 2.36. The van der Waals surface area contributed by atoms with Crippen LogP contribution in [-0.4, -0.2) is 34.2 Å². The molecule has 1 aliphatic carbocycles. The lowest BCUT2D eigenvalue weighted by atomic mass is 10.1. The van der Waals surface area contributed by atoms with E-state index in [-0.39, 0.29) is 23.1 Å². The number of aliphatic hydroxyl groups excluding tert-OH is 1. The van der Waals surface area contributed by atoms with Gasteiger partial charge in [0.25, 0.3) is 0 Å². The fraction of sp³-hybridized carbons (Fsp3) is 0.611. The van der Waals surface area contributed by atoms with E-state index in [1.165, 1.54) is 0 Å². The summed E-state index contributed by atoms with van der Waals surface area (Å²) in [6.45, 7) is 3.98. The van der Waals surface area contributed by atoms with E-state index in [0.29, 0.717) is 18.0 Å². The summed E-state index contributed by atoms with van der Waals surface area (Å²) in [5, 5.41) is 10.0. The molecule has 0 bridgehead atoms. The minimum Gasteiger partial charge on any atom is -0.440 e. The molecular weight excluding hydrogens is 333 g/mol. The molecule has 1 aromatic carbocycles. The zero-order chi connectivity index (χ0) is 18.4. The summed E-state index contributed by atoms with van der Waals surface area (Å²) >= 11 is 0. The van der Waals surface area contributed by atoms with Crippen LogP contribution < -0.4 is 0 Å². The largest absolute Gasteiger partial charge is 0.440 e. The molecule has 1 N–H and O–H groups in total. The van der Waals surface area contributed by atoms with Crippen molar-refractivity contribution in [1.29, 1.82) is 0 Å². The zero-order valence-corrected chi connectivity index (χ0v) is 14.6. The van der Waals surface area contributed by atoms with Crippen molar-refractivity contribution in [1.82, 2.24) is 9.88 Å². The number of alkyl halides is 3. The molecule has 1 aliphatic rings. The van der Waals surface area contributed by atoms with Crippen molar-refractivity contribution >= 4 is 11.1 Å². The number of hydrogen-bond acceptors (Lipinski definition) is 4. The van der Waals surface area contributed by atoms with Gasteiger partial charge in [0.1, 0.15) is 11.1 Å². The van der Waals surface area contributed by atoms with Crippen molar-refractivity contribution in [2.24, 2.45) is 0 Å². The maximum Gasteiger partial charge on any atom is 0.420 e. The molecule has 3 rings (SSSR count). The Hall–Kier alpha value is -1.60. The molecule has 0 amide bonds. The lowest BCUT2D eigenvalue weighted by Gasteiger charge is -2.27. The minimum atomic E-state index is -4.51. The summed E-state index contributed by atoms with van der Waals surface area (Å²) < 4.78 is 45.8. The van der Waals surface area contributed by atoms with Gasteiger partial charge < -0.3 is 9.52 Å². The maximum absolute atomic E-state index is 13.5. The molecule has 1 aromatic heterocycles. The number of aliphatic hydroxyl groups is 1. The number of likely N-dealkylation sites (N-methyl/N-ethyl adjacent to an activating group) is 1. The lowest BCUT2D eigenvalue weighted by Crippen LogP contribution is -2.37. The predicted octanol–water partition coefficient (Wildman–Crippen LogP) is 4.32. The molecule has 0 radical (unpaired) electrons. The fourth-order valence-electron chi connectivity index (χ4n) is 3.50. The number of benzene rings is 1. The summed E-state index contributed by atoms with van der Waals surface area (Å²) in [5.74, 6) is 0.213. The van der Waals surface area contributed by atoms with Crippen LogP contribution in [0.25, 0.3) is 11.1 Å². The van der Waals surface area contributed by atoms with E-state index in [4.69, 9.17) is 4.42 Å². The molecule has 7 heteroatoms. The van der Waals surface area contributed by atoms with Crippen molar-refractivity contribution in [3.8, 4) is 0 Å². The molecule has 25 heavy (non-hydrogen) atoms. The first kappa shape index (κ1) is 18.2. The fourth-order valence-corrected chi connectivity index (χ4v) is 3.50. The molecule has 0 saturated heterocycles. The topological polar surface area (TPSA) is 49.5 Å². The summed E-state index contributed by atoms with van der Waals surface area (Å²) in [6, 6.07) is 2.77. The highest BCUT2D eigenvalue weighted by molar-refractivity contribution is 5.78. The first-order chi connectivity index (χ1) is 11.7. The zero-order valence-electron chi connectivity index (χ0n) is 14.6. The second-order valence-corrected chi connectivity index (χ2v) is 7.18. The van der Waals surface area contributed by atoms with E-state index in [1.807, 2.05) is 25.8 Å². The number of nitrogens with zero attached hydrogens (tertiary/aromatic N) is 2. The molecule has 2 unspecified atom stereocenters. The van der Waals surface area contributed by atoms with Crippen molar-refractivity contribution < 1.29 is 22.7 Å². The van der Waals surface area contributed by atoms with E-state index in [2.05, 4.69) is 4.98 Å². The molecule has 0 aliphatic heterocycles. The predicted molar refractivity (Wildman–Crippen MR) is 88.2 cm³/mol. The lowest BCUT2D eigenvalue weighted by molar-refractivity contribution is -0.136. The van der Waals surface area contributed by atoms with Crippen LogP contribution >= 0.6 is 0 Å². The van der Waals surface area contributed by atoms with Gasteiger partial charge in [0.15, 0.2) is 11.5 Å². The smallest absolute Gasteiger partial charge is 0.420 e. The molecule has 0 spiro atoms. The quantitative estimate of drug-likeness (QED) is 0.887. The van der Waals surface area contributed by atoms with Crippen molar-refractivity contribution in [2.75, 3.05) is 7.05 Å². The second-order valence-electron chi connectivity index (χ2n) is 7.18. The number of hydrogen-bond donors (Lipinski definition) is 1. The number of halogens is 3. The normalized spacial score (nSPS) is 21.8. The van der Waals surface area contributed by atoms with Crippen LogP contribution in [0.1, 0.15) is 56.0 Å². The molecule has 2 aromatic rings. The Morgan fingerprint density at radius 2 is 2.04 bits per heavy atom. The van der Waals surface area contributed by atoms with Gasteiger partial charge in [0.05, 0.1) is 6.10 Å². The second kappa shape index (κ2) is 6.61. The van der Waals surface area contributed by atoms with Crippen LogP contribution in [0, 0.1) is 0 Å². The van der Waals surface area contributed by atoms with Crippen LogP contribution in [0.3, 0.4) is 0 Å². The van der Waals surface area contributed by atoms with Crippen LogP contribution in [0.15, 0.2) is 16.5 Å². The Labute approximate surface area is 144 Å². The maximum atomic E-state index is 13.5. The average Bonchev–Trinajstić information content (AvgIpc) is 3.11. The van der Waals surface area contributed by atoms with E-state index >= 15 is 0 Å². The molecule has 138 valence electrons. The third-order valence-electron chi connectivity index (χ3n) is 4.81. The summed E-state index contributed by atoms with van der Waals surface area (Å²) in [6.07, 6.45) is -2.40. The van der Waals surface area contributed by atoms with E-state index in [1.54, 1.807) is 6.07 Å². The Kier molecular flexibility index (Phi) is 4.81. The van der Waals surface area contributed by atoms with Crippen LogP contribution in [0.4, 0.5) is 13.2 Å². The number of rotatable bonds is 4. The number of oxazole rings is 1. The van der Waals surface area contributed by atoms with Gasteiger partial charge in [-0.2, -0.15) is 13.2 Å². The first-order valence-corrected chi connectivity index (χ1v) is 8.55. The molecule has 1 saturated carbocycles. The van der Waals surface area contributed by atoms with Crippen molar-refractivity contribution in [3.63, 3.8) is 0 Å². The Morgan fingerprint density at radius 1 is 1.32 bits per heavy atom. The highest BCUT2D eigenvalue weighted by Crippen LogP contribution is 2.37.